The van der Waals surface area contributed by atoms with Crippen LogP contribution in [0.1, 0.15) is 22.3 Å². The van der Waals surface area contributed by atoms with Crippen LogP contribution in [0.5, 0.6) is 11.5 Å². The molecule has 0 aliphatic carbocycles. The first-order valence-electron chi connectivity index (χ1n) is 6.86. The lowest BCUT2D eigenvalue weighted by molar-refractivity contribution is 0.0697. The number of carboxylic acid groups (broad SMARTS) is 1. The van der Waals surface area contributed by atoms with Gasteiger partial charge in [0.15, 0.2) is 0 Å². The molecular weight excluding hydrogens is 268 g/mol. The van der Waals surface area contributed by atoms with E-state index in [2.05, 4.69) is 0 Å². The molecule has 0 saturated carbocycles. The second-order valence-electron chi connectivity index (χ2n) is 4.99. The summed E-state index contributed by atoms with van der Waals surface area (Å²) in [5.74, 6) is 0.478. The van der Waals surface area contributed by atoms with Gasteiger partial charge >= 0.3 is 5.97 Å². The second-order valence-corrected chi connectivity index (χ2v) is 4.99. The van der Waals surface area contributed by atoms with Crippen LogP contribution in [0.2, 0.25) is 0 Å². The molecule has 0 spiro atoms. The zero-order chi connectivity index (χ0) is 14.8. The van der Waals surface area contributed by atoms with E-state index >= 15 is 0 Å². The fraction of sp³-hybridized carbons (Fsp3) is 0.235. The minimum absolute atomic E-state index is 0.242. The van der Waals surface area contributed by atoms with Crippen LogP contribution in [0, 0.1) is 0 Å². The molecule has 1 heterocycles. The molecule has 0 unspecified atom stereocenters. The molecule has 0 radical (unpaired) electrons. The Balaban J connectivity index is 2.09. The first-order valence-corrected chi connectivity index (χ1v) is 6.86. The number of rotatable bonds is 3. The lowest BCUT2D eigenvalue weighted by Gasteiger charge is -2.18. The van der Waals surface area contributed by atoms with Gasteiger partial charge in [0.2, 0.25) is 0 Å². The molecular formula is C17H16O4. The summed E-state index contributed by atoms with van der Waals surface area (Å²) in [4.78, 5) is 11.5. The Morgan fingerprint density at radius 3 is 2.86 bits per heavy atom. The van der Waals surface area contributed by atoms with Crippen LogP contribution in [0.25, 0.3) is 11.1 Å². The van der Waals surface area contributed by atoms with Crippen molar-refractivity contribution in [2.75, 3.05) is 13.7 Å². The van der Waals surface area contributed by atoms with E-state index < -0.39 is 5.97 Å². The number of ether oxygens (including phenoxy) is 2. The highest BCUT2D eigenvalue weighted by Gasteiger charge is 2.16. The third-order valence-corrected chi connectivity index (χ3v) is 3.68. The maximum atomic E-state index is 11.5. The van der Waals surface area contributed by atoms with E-state index in [1.807, 2.05) is 18.2 Å². The zero-order valence-corrected chi connectivity index (χ0v) is 11.8. The standard InChI is InChI=1S/C17H16O4/c1-20-13-5-6-14(15(10-13)17(18)19)11-4-7-16-12(9-11)3-2-8-21-16/h4-7,9-10H,2-3,8H2,1H3,(H,18,19). The fourth-order valence-electron chi connectivity index (χ4n) is 2.61. The molecule has 0 saturated heterocycles. The molecule has 2 aromatic carbocycles. The van der Waals surface area contributed by atoms with Gasteiger partial charge in [-0.05, 0) is 59.9 Å². The Hall–Kier alpha value is -2.49. The number of methoxy groups -OCH3 is 1. The third kappa shape index (κ3) is 2.57. The molecule has 4 heteroatoms. The smallest absolute Gasteiger partial charge is 0.336 e. The van der Waals surface area contributed by atoms with Gasteiger partial charge in [0.1, 0.15) is 11.5 Å². The van der Waals surface area contributed by atoms with Crippen molar-refractivity contribution in [1.29, 1.82) is 0 Å². The molecule has 0 fully saturated rings. The maximum Gasteiger partial charge on any atom is 0.336 e. The Morgan fingerprint density at radius 2 is 2.10 bits per heavy atom. The van der Waals surface area contributed by atoms with Crippen molar-refractivity contribution < 1.29 is 19.4 Å². The van der Waals surface area contributed by atoms with E-state index in [1.165, 1.54) is 7.11 Å². The fourth-order valence-corrected chi connectivity index (χ4v) is 2.61. The summed E-state index contributed by atoms with van der Waals surface area (Å²) in [5.41, 5.74) is 2.95. The van der Waals surface area contributed by atoms with Crippen molar-refractivity contribution >= 4 is 5.97 Å². The van der Waals surface area contributed by atoms with Crippen LogP contribution in [0.4, 0.5) is 0 Å². The van der Waals surface area contributed by atoms with Crippen molar-refractivity contribution in [2.24, 2.45) is 0 Å². The number of benzene rings is 2. The van der Waals surface area contributed by atoms with Crippen LogP contribution >= 0.6 is 0 Å². The normalized spacial score (nSPS) is 13.2. The van der Waals surface area contributed by atoms with Crippen LogP contribution in [0.3, 0.4) is 0 Å². The van der Waals surface area contributed by atoms with E-state index in [1.54, 1.807) is 18.2 Å². The van der Waals surface area contributed by atoms with Gasteiger partial charge in [-0.25, -0.2) is 4.79 Å². The monoisotopic (exact) mass is 284 g/mol. The highest BCUT2D eigenvalue weighted by atomic mass is 16.5. The quantitative estimate of drug-likeness (QED) is 0.938. The summed E-state index contributed by atoms with van der Waals surface area (Å²) in [6, 6.07) is 10.9. The van der Waals surface area contributed by atoms with Gasteiger partial charge in [0, 0.05) is 0 Å². The van der Waals surface area contributed by atoms with E-state index in [0.717, 1.165) is 36.3 Å². The number of aromatic carboxylic acids is 1. The number of fused-ring (bicyclic) bond motifs is 1. The Morgan fingerprint density at radius 1 is 1.24 bits per heavy atom. The zero-order valence-electron chi connectivity index (χ0n) is 11.8. The molecule has 1 aliphatic heterocycles. The topological polar surface area (TPSA) is 55.8 Å². The van der Waals surface area contributed by atoms with E-state index in [9.17, 15) is 9.90 Å². The Kier molecular flexibility index (Phi) is 3.52. The highest BCUT2D eigenvalue weighted by molar-refractivity contribution is 5.96. The number of aryl methyl sites for hydroxylation is 1. The predicted octanol–water partition coefficient (Wildman–Crippen LogP) is 3.39. The van der Waals surface area contributed by atoms with Crippen molar-refractivity contribution in [3.05, 3.63) is 47.5 Å². The molecule has 1 N–H and O–H groups in total. The number of carbonyl (C=O) groups is 1. The molecule has 108 valence electrons. The van der Waals surface area contributed by atoms with Crippen molar-refractivity contribution in [1.82, 2.24) is 0 Å². The van der Waals surface area contributed by atoms with E-state index in [-0.39, 0.29) is 5.56 Å². The van der Waals surface area contributed by atoms with E-state index in [0.29, 0.717) is 11.3 Å². The van der Waals surface area contributed by atoms with Crippen LogP contribution in [-0.2, 0) is 6.42 Å². The lowest BCUT2D eigenvalue weighted by atomic mass is 9.95. The van der Waals surface area contributed by atoms with Gasteiger partial charge in [-0.15, -0.1) is 0 Å². The number of carboxylic acids is 1. The average molecular weight is 284 g/mol. The van der Waals surface area contributed by atoms with Gasteiger partial charge < -0.3 is 14.6 Å². The molecule has 0 aromatic heterocycles. The van der Waals surface area contributed by atoms with Crippen LogP contribution in [-0.4, -0.2) is 24.8 Å². The maximum absolute atomic E-state index is 11.5. The predicted molar refractivity (Wildman–Crippen MR) is 79.2 cm³/mol. The summed E-state index contributed by atoms with van der Waals surface area (Å²) in [6.07, 6.45) is 1.95. The minimum atomic E-state index is -0.960. The lowest BCUT2D eigenvalue weighted by Crippen LogP contribution is -2.08. The SMILES string of the molecule is COc1ccc(-c2ccc3c(c2)CCCO3)c(C(=O)O)c1. The van der Waals surface area contributed by atoms with Gasteiger partial charge in [-0.3, -0.25) is 0 Å². The molecule has 21 heavy (non-hydrogen) atoms. The Labute approximate surface area is 122 Å². The largest absolute Gasteiger partial charge is 0.497 e. The average Bonchev–Trinajstić information content (AvgIpc) is 2.53. The van der Waals surface area contributed by atoms with Crippen LogP contribution < -0.4 is 9.47 Å². The van der Waals surface area contributed by atoms with Gasteiger partial charge in [-0.1, -0.05) is 6.07 Å². The molecule has 0 bridgehead atoms. The summed E-state index contributed by atoms with van der Waals surface area (Å²) in [5, 5.41) is 9.41. The minimum Gasteiger partial charge on any atom is -0.497 e. The second kappa shape index (κ2) is 5.48. The van der Waals surface area contributed by atoms with Crippen LogP contribution in [0.15, 0.2) is 36.4 Å². The molecule has 1 aliphatic rings. The first-order chi connectivity index (χ1) is 10.2. The molecule has 0 atom stereocenters. The third-order valence-electron chi connectivity index (χ3n) is 3.68. The number of hydrogen-bond acceptors (Lipinski definition) is 3. The highest BCUT2D eigenvalue weighted by Crippen LogP contribution is 2.33. The summed E-state index contributed by atoms with van der Waals surface area (Å²) in [6.45, 7) is 0.745. The molecule has 2 aromatic rings. The molecule has 0 amide bonds. The van der Waals surface area contributed by atoms with Gasteiger partial charge in [0.05, 0.1) is 19.3 Å². The summed E-state index contributed by atoms with van der Waals surface area (Å²) >= 11 is 0. The van der Waals surface area contributed by atoms with Crippen molar-refractivity contribution in [3.8, 4) is 22.6 Å². The Bertz CT molecular complexity index is 691. The van der Waals surface area contributed by atoms with Gasteiger partial charge in [0.25, 0.3) is 0 Å². The molecule has 4 nitrogen and oxygen atoms in total. The summed E-state index contributed by atoms with van der Waals surface area (Å²) in [7, 11) is 1.52. The summed E-state index contributed by atoms with van der Waals surface area (Å²) < 4.78 is 10.7. The first kappa shape index (κ1) is 13.5. The number of hydrogen-bond donors (Lipinski definition) is 1. The van der Waals surface area contributed by atoms with Gasteiger partial charge in [-0.2, -0.15) is 0 Å². The van der Waals surface area contributed by atoms with E-state index in [4.69, 9.17) is 9.47 Å². The van der Waals surface area contributed by atoms with Crippen molar-refractivity contribution in [3.63, 3.8) is 0 Å². The molecule has 3 rings (SSSR count). The van der Waals surface area contributed by atoms with Crippen molar-refractivity contribution in [2.45, 2.75) is 12.8 Å².